The molecule has 3 nitrogen and oxygen atoms in total. The lowest BCUT2D eigenvalue weighted by Crippen LogP contribution is -2.31. The summed E-state index contributed by atoms with van der Waals surface area (Å²) in [5.74, 6) is 0.923. The second-order valence-electron chi connectivity index (χ2n) is 16.1. The van der Waals surface area contributed by atoms with Crippen molar-refractivity contribution in [1.82, 2.24) is 0 Å². The van der Waals surface area contributed by atoms with Gasteiger partial charge in [0.25, 0.3) is 0 Å². The largest absolute Gasteiger partial charge is 0.333 e. The predicted octanol–water partition coefficient (Wildman–Crippen LogP) is 13.2. The zero-order valence-electron chi connectivity index (χ0n) is 32.0. The molecule has 0 radical (unpaired) electrons. The Bertz CT molecular complexity index is 2630. The highest BCUT2D eigenvalue weighted by molar-refractivity contribution is 5.86. The molecule has 0 bridgehead atoms. The maximum Gasteiger partial charge on any atom is 0.0632 e. The molecule has 0 amide bonds. The van der Waals surface area contributed by atoms with Gasteiger partial charge in [0.1, 0.15) is 0 Å². The van der Waals surface area contributed by atoms with Crippen LogP contribution in [-0.4, -0.2) is 18.1 Å². The molecule has 6 unspecified atom stereocenters. The minimum Gasteiger partial charge on any atom is -0.333 e. The van der Waals surface area contributed by atoms with Crippen molar-refractivity contribution in [1.29, 1.82) is 0 Å². The molecule has 5 aromatic carbocycles. The summed E-state index contributed by atoms with van der Waals surface area (Å²) in [6, 6.07) is 42.1. The van der Waals surface area contributed by atoms with E-state index in [1.54, 1.807) is 0 Å². The van der Waals surface area contributed by atoms with E-state index in [0.29, 0.717) is 5.92 Å². The Balaban J connectivity index is 1.07. The summed E-state index contributed by atoms with van der Waals surface area (Å²) in [7, 11) is 0. The van der Waals surface area contributed by atoms with E-state index in [1.807, 2.05) is 12.2 Å². The van der Waals surface area contributed by atoms with Crippen molar-refractivity contribution < 1.29 is 0 Å². The Labute approximate surface area is 336 Å². The number of hydrogen-bond acceptors (Lipinski definition) is 3. The van der Waals surface area contributed by atoms with E-state index in [4.69, 9.17) is 0 Å². The first kappa shape index (κ1) is 33.7. The van der Waals surface area contributed by atoms with Gasteiger partial charge in [0.2, 0.25) is 0 Å². The molecule has 11 rings (SSSR count). The maximum absolute atomic E-state index is 4.07. The molecule has 3 heteroatoms. The number of hydrogen-bond donors (Lipinski definition) is 0. The Morgan fingerprint density at radius 1 is 0.456 bits per heavy atom. The zero-order valence-corrected chi connectivity index (χ0v) is 32.0. The molecule has 3 aliphatic carbocycles. The Kier molecular flexibility index (Phi) is 8.03. The summed E-state index contributed by atoms with van der Waals surface area (Å²) >= 11 is 0. The first-order valence-electron chi connectivity index (χ1n) is 20.4. The fourth-order valence-corrected chi connectivity index (χ4v) is 10.4. The normalized spacial score (nSPS) is 24.1. The number of para-hydroxylation sites is 2. The zero-order chi connectivity index (χ0) is 38.0. The van der Waals surface area contributed by atoms with Gasteiger partial charge in [-0.1, -0.05) is 140 Å². The van der Waals surface area contributed by atoms with Crippen molar-refractivity contribution in [2.24, 2.45) is 0 Å². The van der Waals surface area contributed by atoms with E-state index < -0.39 is 0 Å². The van der Waals surface area contributed by atoms with Gasteiger partial charge < -0.3 is 14.7 Å². The smallest absolute Gasteiger partial charge is 0.0632 e. The molecule has 0 saturated heterocycles. The second kappa shape index (κ2) is 13.6. The molecule has 57 heavy (non-hydrogen) atoms. The van der Waals surface area contributed by atoms with Crippen molar-refractivity contribution >= 4 is 34.1 Å². The average molecular weight is 736 g/mol. The summed E-state index contributed by atoms with van der Waals surface area (Å²) < 4.78 is 0. The molecule has 0 saturated carbocycles. The topological polar surface area (TPSA) is 9.72 Å². The molecule has 0 spiro atoms. The highest BCUT2D eigenvalue weighted by atomic mass is 15.2. The molecule has 0 aromatic heterocycles. The van der Waals surface area contributed by atoms with E-state index in [0.717, 1.165) is 12.8 Å². The van der Waals surface area contributed by atoms with Crippen LogP contribution in [0.3, 0.4) is 0 Å². The summed E-state index contributed by atoms with van der Waals surface area (Å²) in [5.41, 5.74) is 16.6. The Hall–Kier alpha value is -6.58. The Morgan fingerprint density at radius 2 is 1.02 bits per heavy atom. The van der Waals surface area contributed by atoms with Crippen molar-refractivity contribution in [3.05, 3.63) is 229 Å². The van der Waals surface area contributed by atoms with Crippen LogP contribution in [-0.2, 0) is 6.42 Å². The van der Waals surface area contributed by atoms with Crippen LogP contribution in [0.15, 0.2) is 207 Å². The molecule has 3 aliphatic heterocycles. The van der Waals surface area contributed by atoms with Gasteiger partial charge in [-0.05, 0) is 100 Å². The van der Waals surface area contributed by atoms with Crippen LogP contribution in [0.4, 0.5) is 34.1 Å². The molecule has 0 N–H and O–H groups in total. The molecule has 6 atom stereocenters. The second-order valence-corrected chi connectivity index (χ2v) is 16.1. The van der Waals surface area contributed by atoms with Crippen LogP contribution in [0.1, 0.15) is 46.4 Å². The molecule has 6 aliphatic rings. The summed E-state index contributed by atoms with van der Waals surface area (Å²) in [5, 5.41) is 0. The predicted molar refractivity (Wildman–Crippen MR) is 240 cm³/mol. The molecular formula is C54H45N3. The molecule has 276 valence electrons. The fourth-order valence-electron chi connectivity index (χ4n) is 10.4. The van der Waals surface area contributed by atoms with Crippen molar-refractivity contribution in [3.63, 3.8) is 0 Å². The monoisotopic (exact) mass is 735 g/mol. The number of anilines is 6. The van der Waals surface area contributed by atoms with E-state index in [-0.39, 0.29) is 30.0 Å². The number of benzene rings is 5. The van der Waals surface area contributed by atoms with Crippen LogP contribution in [0.5, 0.6) is 0 Å². The van der Waals surface area contributed by atoms with Gasteiger partial charge in [-0.2, -0.15) is 0 Å². The number of allylic oxidation sites excluding steroid dienone is 8. The van der Waals surface area contributed by atoms with Gasteiger partial charge in [-0.25, -0.2) is 0 Å². The first-order valence-corrected chi connectivity index (χ1v) is 20.4. The van der Waals surface area contributed by atoms with E-state index in [2.05, 4.69) is 204 Å². The van der Waals surface area contributed by atoms with Gasteiger partial charge in [0.15, 0.2) is 0 Å². The fraction of sp³-hybridized carbons (Fsp3) is 0.148. The lowest BCUT2D eigenvalue weighted by atomic mass is 9.88. The van der Waals surface area contributed by atoms with Crippen LogP contribution in [0, 0.1) is 0 Å². The summed E-state index contributed by atoms with van der Waals surface area (Å²) in [4.78, 5) is 7.70. The minimum atomic E-state index is 0.170. The summed E-state index contributed by atoms with van der Waals surface area (Å²) in [6.07, 6.45) is 31.2. The van der Waals surface area contributed by atoms with E-state index in [1.165, 1.54) is 73.1 Å². The van der Waals surface area contributed by atoms with Crippen molar-refractivity contribution in [2.75, 3.05) is 14.7 Å². The van der Waals surface area contributed by atoms with Crippen LogP contribution >= 0.6 is 0 Å². The SMILES string of the molecule is C=CCC1=CC2C(C=C1)c1ccccc1N2c1cc(-c2ccc(N3c4ccccc4C4C=CC=CC43)cc2)cc(N2c3cc(CC=C)ccc3C3C=CC=CC32)c1. The third-order valence-corrected chi connectivity index (χ3v) is 12.9. The molecular weight excluding hydrogens is 691 g/mol. The number of rotatable bonds is 8. The summed E-state index contributed by atoms with van der Waals surface area (Å²) in [6.45, 7) is 8.14. The number of nitrogens with zero attached hydrogens (tertiary/aromatic N) is 3. The van der Waals surface area contributed by atoms with Gasteiger partial charge >= 0.3 is 0 Å². The lowest BCUT2D eigenvalue weighted by Gasteiger charge is -2.33. The molecule has 0 fully saturated rings. The third kappa shape index (κ3) is 5.40. The van der Waals surface area contributed by atoms with Gasteiger partial charge in [-0.15, -0.1) is 13.2 Å². The number of fused-ring (bicyclic) bond motifs is 9. The maximum atomic E-state index is 4.07. The quantitative estimate of drug-likeness (QED) is 0.147. The molecule has 5 aromatic rings. The molecule has 3 heterocycles. The first-order chi connectivity index (χ1) is 28.2. The minimum absolute atomic E-state index is 0.170. The average Bonchev–Trinajstić information content (AvgIpc) is 3.89. The highest BCUT2D eigenvalue weighted by Crippen LogP contribution is 2.53. The third-order valence-electron chi connectivity index (χ3n) is 12.9. The lowest BCUT2D eigenvalue weighted by molar-refractivity contribution is 0.733. The van der Waals surface area contributed by atoms with Crippen molar-refractivity contribution in [3.8, 4) is 11.1 Å². The van der Waals surface area contributed by atoms with Gasteiger partial charge in [0.05, 0.1) is 18.1 Å². The van der Waals surface area contributed by atoms with Crippen LogP contribution in [0.2, 0.25) is 0 Å². The van der Waals surface area contributed by atoms with Crippen LogP contribution in [0.25, 0.3) is 11.1 Å². The van der Waals surface area contributed by atoms with Crippen molar-refractivity contribution in [2.45, 2.75) is 48.7 Å². The Morgan fingerprint density at radius 3 is 1.67 bits per heavy atom. The van der Waals surface area contributed by atoms with Crippen LogP contribution < -0.4 is 14.7 Å². The highest BCUT2D eigenvalue weighted by Gasteiger charge is 2.41. The van der Waals surface area contributed by atoms with Gasteiger partial charge in [-0.3, -0.25) is 0 Å². The van der Waals surface area contributed by atoms with E-state index >= 15 is 0 Å². The standard InChI is InChI=1S/C54H45N3/c1-3-13-36-23-29-47-45-17-7-11-21-51(45)56(53(47)31-36)41-33-39(34-42(35-41)57-52-22-12-8-18-46(52)48-30-24-37(14-4-2)32-54(48)57)38-25-27-40(28-26-38)55-49-19-9-5-15-43(49)44-16-6-10-20-50(44)55/h3-12,15-35,43,45,48-49,51,54H,1-2,13-14H2. The van der Waals surface area contributed by atoms with E-state index in [9.17, 15) is 0 Å². The van der Waals surface area contributed by atoms with Gasteiger partial charge in [0, 0.05) is 51.9 Å².